The number of nitrogens with two attached hydrogens (primary N) is 1. The molecule has 2 rings (SSSR count). The van der Waals surface area contributed by atoms with Gasteiger partial charge in [0.05, 0.1) is 13.2 Å². The van der Waals surface area contributed by atoms with Gasteiger partial charge in [-0.05, 0) is 47.6 Å². The van der Waals surface area contributed by atoms with Gasteiger partial charge in [0.2, 0.25) is 0 Å². The summed E-state index contributed by atoms with van der Waals surface area (Å²) in [7, 11) is 0. The maximum Gasteiger partial charge on any atom is 0.0594 e. The van der Waals surface area contributed by atoms with Crippen molar-refractivity contribution < 1.29 is 4.74 Å². The van der Waals surface area contributed by atoms with Crippen LogP contribution in [-0.2, 0) is 11.2 Å². The maximum atomic E-state index is 6.45. The van der Waals surface area contributed by atoms with E-state index < -0.39 is 0 Å². The number of nitrogens with zero attached hydrogens (tertiary/aromatic N) is 1. The van der Waals surface area contributed by atoms with Crippen molar-refractivity contribution >= 4 is 27.3 Å². The molecule has 1 aliphatic rings. The second-order valence-electron chi connectivity index (χ2n) is 5.26. The van der Waals surface area contributed by atoms with E-state index in [1.54, 1.807) is 11.3 Å². The maximum absolute atomic E-state index is 6.45. The van der Waals surface area contributed by atoms with Crippen LogP contribution in [0.5, 0.6) is 0 Å². The summed E-state index contributed by atoms with van der Waals surface area (Å²) < 4.78 is 6.59. The molecule has 0 bridgehead atoms. The summed E-state index contributed by atoms with van der Waals surface area (Å²) in [5.41, 5.74) is 6.45. The molecule has 1 fully saturated rings. The number of ether oxygens (including phenoxy) is 1. The van der Waals surface area contributed by atoms with Crippen molar-refractivity contribution in [2.75, 3.05) is 26.3 Å². The molecule has 1 aromatic rings. The van der Waals surface area contributed by atoms with Crippen LogP contribution in [0.1, 0.15) is 18.7 Å². The van der Waals surface area contributed by atoms with Gasteiger partial charge in [-0.3, -0.25) is 4.90 Å². The molecule has 0 radical (unpaired) electrons. The minimum absolute atomic E-state index is 0.00715. The molecule has 0 amide bonds. The Hall–Kier alpha value is 0.0600. The summed E-state index contributed by atoms with van der Waals surface area (Å²) >= 11 is 5.35. The van der Waals surface area contributed by atoms with Gasteiger partial charge in [-0.15, -0.1) is 11.3 Å². The quantitative estimate of drug-likeness (QED) is 0.920. The van der Waals surface area contributed by atoms with Crippen LogP contribution in [-0.4, -0.2) is 42.8 Å². The van der Waals surface area contributed by atoms with E-state index in [0.29, 0.717) is 0 Å². The summed E-state index contributed by atoms with van der Waals surface area (Å²) in [4.78, 5) is 3.78. The minimum atomic E-state index is 0.00715. The topological polar surface area (TPSA) is 38.5 Å². The Balaban J connectivity index is 2.02. The average molecular weight is 333 g/mol. The molecule has 1 atom stereocenters. The monoisotopic (exact) mass is 332 g/mol. The van der Waals surface area contributed by atoms with Crippen molar-refractivity contribution in [1.82, 2.24) is 4.90 Å². The van der Waals surface area contributed by atoms with Crippen LogP contribution in [0.25, 0.3) is 0 Å². The van der Waals surface area contributed by atoms with Crippen molar-refractivity contribution in [3.8, 4) is 0 Å². The molecule has 2 N–H and O–H groups in total. The highest BCUT2D eigenvalue weighted by Gasteiger charge is 2.34. The Morgan fingerprint density at radius 1 is 1.50 bits per heavy atom. The summed E-state index contributed by atoms with van der Waals surface area (Å²) in [5, 5.41) is 2.11. The van der Waals surface area contributed by atoms with Crippen LogP contribution in [0, 0.1) is 0 Å². The van der Waals surface area contributed by atoms with Crippen LogP contribution in [0.4, 0.5) is 0 Å². The molecule has 5 heteroatoms. The Kier molecular flexibility index (Phi) is 4.83. The molecule has 18 heavy (non-hydrogen) atoms. The van der Waals surface area contributed by atoms with Gasteiger partial charge in [-0.1, -0.05) is 0 Å². The van der Waals surface area contributed by atoms with Crippen molar-refractivity contribution in [2.45, 2.75) is 31.8 Å². The van der Waals surface area contributed by atoms with Gasteiger partial charge in [0, 0.05) is 34.0 Å². The van der Waals surface area contributed by atoms with Crippen molar-refractivity contribution in [3.63, 3.8) is 0 Å². The molecule has 1 saturated heterocycles. The molecule has 0 aromatic carbocycles. The first kappa shape index (κ1) is 14.5. The number of hydrogen-bond acceptors (Lipinski definition) is 4. The average Bonchev–Trinajstić information content (AvgIpc) is 2.76. The summed E-state index contributed by atoms with van der Waals surface area (Å²) in [6.45, 7) is 8.07. The largest absolute Gasteiger partial charge is 0.379 e. The molecular weight excluding hydrogens is 312 g/mol. The first-order valence-electron chi connectivity index (χ1n) is 6.32. The van der Waals surface area contributed by atoms with Crippen molar-refractivity contribution in [1.29, 1.82) is 0 Å². The highest BCUT2D eigenvalue weighted by Crippen LogP contribution is 2.28. The van der Waals surface area contributed by atoms with Gasteiger partial charge < -0.3 is 10.5 Å². The lowest BCUT2D eigenvalue weighted by Gasteiger charge is -2.44. The van der Waals surface area contributed by atoms with E-state index in [9.17, 15) is 0 Å². The third-order valence-corrected chi connectivity index (χ3v) is 5.78. The molecule has 1 unspecified atom stereocenters. The minimum Gasteiger partial charge on any atom is -0.379 e. The first-order valence-corrected chi connectivity index (χ1v) is 7.99. The Morgan fingerprint density at radius 3 is 2.72 bits per heavy atom. The number of morpholine rings is 1. The fourth-order valence-corrected chi connectivity index (χ4v) is 3.87. The Labute approximate surface area is 121 Å². The normalized spacial score (nSPS) is 20.0. The van der Waals surface area contributed by atoms with Crippen LogP contribution >= 0.6 is 27.3 Å². The number of halogens is 1. The SMILES string of the molecule is CC(C)(C(N)Cc1sccc1Br)N1CCOCC1. The van der Waals surface area contributed by atoms with Crippen molar-refractivity contribution in [2.24, 2.45) is 5.73 Å². The number of hydrogen-bond donors (Lipinski definition) is 1. The molecule has 3 nitrogen and oxygen atoms in total. The van der Waals surface area contributed by atoms with E-state index in [4.69, 9.17) is 10.5 Å². The fourth-order valence-electron chi connectivity index (χ4n) is 2.29. The van der Waals surface area contributed by atoms with E-state index in [1.165, 1.54) is 9.35 Å². The lowest BCUT2D eigenvalue weighted by atomic mass is 9.90. The smallest absolute Gasteiger partial charge is 0.0594 e. The van der Waals surface area contributed by atoms with Gasteiger partial charge in [0.25, 0.3) is 0 Å². The lowest BCUT2D eigenvalue weighted by Crippen LogP contribution is -2.59. The molecule has 2 heterocycles. The van der Waals surface area contributed by atoms with Gasteiger partial charge in [-0.2, -0.15) is 0 Å². The van der Waals surface area contributed by atoms with E-state index in [-0.39, 0.29) is 11.6 Å². The van der Waals surface area contributed by atoms with Crippen LogP contribution in [0.15, 0.2) is 15.9 Å². The molecule has 102 valence electrons. The Bertz CT molecular complexity index is 388. The predicted molar refractivity (Wildman–Crippen MR) is 80.2 cm³/mol. The highest BCUT2D eigenvalue weighted by atomic mass is 79.9. The predicted octanol–water partition coefficient (Wildman–Crippen LogP) is 2.49. The third kappa shape index (κ3) is 3.14. The molecular formula is C13H21BrN2OS. The zero-order chi connectivity index (χ0) is 13.2. The number of rotatable bonds is 4. The molecule has 1 aromatic heterocycles. The van der Waals surface area contributed by atoms with Crippen LogP contribution in [0.2, 0.25) is 0 Å². The van der Waals surface area contributed by atoms with Gasteiger partial charge in [-0.25, -0.2) is 0 Å². The lowest BCUT2D eigenvalue weighted by molar-refractivity contribution is -0.0185. The third-order valence-electron chi connectivity index (χ3n) is 3.83. The molecule has 0 spiro atoms. The van der Waals surface area contributed by atoms with E-state index in [1.807, 2.05) is 0 Å². The van der Waals surface area contributed by atoms with E-state index in [0.717, 1.165) is 32.7 Å². The van der Waals surface area contributed by atoms with Gasteiger partial charge >= 0.3 is 0 Å². The molecule has 1 aliphatic heterocycles. The standard InChI is InChI=1S/C13H21BrN2OS/c1-13(2,16-4-6-17-7-5-16)12(15)9-11-10(14)3-8-18-11/h3,8,12H,4-7,9,15H2,1-2H3. The van der Waals surface area contributed by atoms with Crippen LogP contribution in [0.3, 0.4) is 0 Å². The zero-order valence-electron chi connectivity index (χ0n) is 11.0. The summed E-state index contributed by atoms with van der Waals surface area (Å²) in [5.74, 6) is 0. The van der Waals surface area contributed by atoms with Gasteiger partial charge in [0.1, 0.15) is 0 Å². The summed E-state index contributed by atoms with van der Waals surface area (Å²) in [6, 6.07) is 2.22. The van der Waals surface area contributed by atoms with Crippen molar-refractivity contribution in [3.05, 3.63) is 20.8 Å². The first-order chi connectivity index (χ1) is 8.51. The molecule has 0 aliphatic carbocycles. The van der Waals surface area contributed by atoms with E-state index in [2.05, 4.69) is 46.1 Å². The summed E-state index contributed by atoms with van der Waals surface area (Å²) in [6.07, 6.45) is 0.919. The van der Waals surface area contributed by atoms with Gasteiger partial charge in [0.15, 0.2) is 0 Å². The number of thiophene rings is 1. The zero-order valence-corrected chi connectivity index (χ0v) is 13.4. The van der Waals surface area contributed by atoms with Crippen LogP contribution < -0.4 is 5.73 Å². The molecule has 0 saturated carbocycles. The Morgan fingerprint density at radius 2 is 2.17 bits per heavy atom. The highest BCUT2D eigenvalue weighted by molar-refractivity contribution is 9.10. The van der Waals surface area contributed by atoms with E-state index >= 15 is 0 Å². The fraction of sp³-hybridized carbons (Fsp3) is 0.692. The second kappa shape index (κ2) is 6.01. The second-order valence-corrected chi connectivity index (χ2v) is 7.11.